The first-order chi connectivity index (χ1) is 13.7. The molecular formula is C20H15BN6O. The van der Waals surface area contributed by atoms with Crippen LogP contribution >= 0.6 is 0 Å². The number of nitrogens with one attached hydrogen (secondary N) is 2. The molecule has 3 heterocycles. The van der Waals surface area contributed by atoms with Crippen molar-refractivity contribution in [1.29, 1.82) is 5.26 Å². The summed E-state index contributed by atoms with van der Waals surface area (Å²) in [7, 11) is 6.74. The van der Waals surface area contributed by atoms with E-state index in [1.54, 1.807) is 12.4 Å². The van der Waals surface area contributed by atoms with Crippen LogP contribution in [0.25, 0.3) is 22.4 Å². The number of nitriles is 1. The van der Waals surface area contributed by atoms with Gasteiger partial charge in [0.25, 0.3) is 0 Å². The molecule has 0 saturated heterocycles. The molecule has 5 rings (SSSR count). The Labute approximate surface area is 162 Å². The summed E-state index contributed by atoms with van der Waals surface area (Å²) in [6, 6.07) is 9.92. The topological polar surface area (TPSA) is 103 Å². The zero-order valence-electron chi connectivity index (χ0n) is 14.9. The number of H-pyrrole nitrogens is 1. The van der Waals surface area contributed by atoms with Crippen LogP contribution in [0.3, 0.4) is 0 Å². The molecule has 0 saturated carbocycles. The van der Waals surface area contributed by atoms with Crippen molar-refractivity contribution >= 4 is 24.4 Å². The third kappa shape index (κ3) is 2.64. The van der Waals surface area contributed by atoms with E-state index in [1.165, 1.54) is 6.39 Å². The molecule has 0 fully saturated rings. The first-order valence-electron chi connectivity index (χ1n) is 9.00. The van der Waals surface area contributed by atoms with E-state index in [0.717, 1.165) is 47.1 Å². The maximum Gasteiger partial charge on any atom is 0.181 e. The van der Waals surface area contributed by atoms with E-state index < -0.39 is 5.44 Å². The van der Waals surface area contributed by atoms with Crippen LogP contribution in [-0.2, 0) is 11.9 Å². The second-order valence-electron chi connectivity index (χ2n) is 6.99. The Morgan fingerprint density at radius 3 is 3.04 bits per heavy atom. The van der Waals surface area contributed by atoms with Crippen molar-refractivity contribution in [2.24, 2.45) is 0 Å². The third-order valence-corrected chi connectivity index (χ3v) is 5.13. The molecule has 1 aliphatic rings. The van der Waals surface area contributed by atoms with Gasteiger partial charge in [0.2, 0.25) is 0 Å². The van der Waals surface area contributed by atoms with Gasteiger partial charge in [0.05, 0.1) is 23.0 Å². The largest absolute Gasteiger partial charge is 0.442 e. The quantitative estimate of drug-likeness (QED) is 0.540. The highest BCUT2D eigenvalue weighted by Gasteiger charge is 2.33. The van der Waals surface area contributed by atoms with Gasteiger partial charge in [-0.3, -0.25) is 10.1 Å². The minimum Gasteiger partial charge on any atom is -0.442 e. The molecule has 7 nitrogen and oxygen atoms in total. The molecule has 2 radical (unpaired) electrons. The van der Waals surface area contributed by atoms with Crippen molar-refractivity contribution in [3.63, 3.8) is 0 Å². The molecule has 4 aromatic rings. The summed E-state index contributed by atoms with van der Waals surface area (Å²) in [6.45, 7) is 0. The second kappa shape index (κ2) is 6.24. The van der Waals surface area contributed by atoms with Gasteiger partial charge in [-0.05, 0) is 49.1 Å². The van der Waals surface area contributed by atoms with Crippen LogP contribution < -0.4 is 5.32 Å². The summed E-state index contributed by atoms with van der Waals surface area (Å²) in [6.07, 6.45) is 7.13. The summed E-state index contributed by atoms with van der Waals surface area (Å²) in [4.78, 5) is 8.46. The van der Waals surface area contributed by atoms with Crippen LogP contribution in [0.2, 0.25) is 0 Å². The fraction of sp³-hybridized carbons (Fsp3) is 0.200. The Morgan fingerprint density at radius 1 is 1.29 bits per heavy atom. The number of oxazole rings is 1. The van der Waals surface area contributed by atoms with Crippen LogP contribution in [0.15, 0.2) is 47.5 Å². The molecule has 1 aromatic carbocycles. The maximum atomic E-state index is 9.13. The van der Waals surface area contributed by atoms with Gasteiger partial charge >= 0.3 is 0 Å². The van der Waals surface area contributed by atoms with Gasteiger partial charge < -0.3 is 9.73 Å². The molecule has 1 atom stereocenters. The third-order valence-electron chi connectivity index (χ3n) is 5.13. The van der Waals surface area contributed by atoms with E-state index in [1.807, 2.05) is 24.3 Å². The number of hydrogen-bond donors (Lipinski definition) is 2. The van der Waals surface area contributed by atoms with Crippen LogP contribution in [-0.4, -0.2) is 28.0 Å². The van der Waals surface area contributed by atoms with Crippen LogP contribution in [0, 0.1) is 11.3 Å². The van der Waals surface area contributed by atoms with E-state index in [-0.39, 0.29) is 0 Å². The zero-order valence-corrected chi connectivity index (χ0v) is 14.9. The number of aromatic nitrogens is 4. The van der Waals surface area contributed by atoms with E-state index in [2.05, 4.69) is 31.6 Å². The number of fused-ring (bicyclic) bond motifs is 2. The average molecular weight is 366 g/mol. The van der Waals surface area contributed by atoms with Crippen molar-refractivity contribution in [2.45, 2.75) is 24.7 Å². The number of aromatic amines is 1. The highest BCUT2D eigenvalue weighted by molar-refractivity contribution is 6.17. The first kappa shape index (κ1) is 16.6. The molecule has 8 heteroatoms. The van der Waals surface area contributed by atoms with E-state index in [0.29, 0.717) is 17.0 Å². The summed E-state index contributed by atoms with van der Waals surface area (Å²) in [5.41, 5.74) is 4.01. The molecule has 2 N–H and O–H groups in total. The van der Waals surface area contributed by atoms with E-state index in [4.69, 9.17) is 17.5 Å². The normalized spacial score (nSPS) is 18.5. The lowest BCUT2D eigenvalue weighted by atomic mass is 9.66. The molecule has 28 heavy (non-hydrogen) atoms. The van der Waals surface area contributed by atoms with Crippen molar-refractivity contribution < 1.29 is 4.42 Å². The number of pyridine rings is 1. The van der Waals surface area contributed by atoms with Gasteiger partial charge in [-0.25, -0.2) is 4.98 Å². The zero-order chi connectivity index (χ0) is 19.1. The van der Waals surface area contributed by atoms with Gasteiger partial charge in [-0.2, -0.15) is 10.4 Å². The average Bonchev–Trinajstić information content (AvgIpc) is 3.37. The number of anilines is 1. The standard InChI is InChI=1S/C20H15BN6O/c21-20(5-1-2-13-6-12(8-22)9-24-19(13)20)25-14-3-4-16-15(7-14)18(27-26-16)17-10-23-11-28-17/h3-4,6-7,9-11,25H,1-2,5H2,(H,26,27). The molecular weight excluding hydrogens is 351 g/mol. The van der Waals surface area contributed by atoms with Crippen LogP contribution in [0.5, 0.6) is 0 Å². The number of aryl methyl sites for hydroxylation is 1. The number of benzene rings is 1. The summed E-state index contributed by atoms with van der Waals surface area (Å²) in [5.74, 6) is 0.597. The molecule has 3 aromatic heterocycles. The highest BCUT2D eigenvalue weighted by atomic mass is 16.3. The molecule has 0 aliphatic heterocycles. The number of hydrogen-bond acceptors (Lipinski definition) is 6. The van der Waals surface area contributed by atoms with Gasteiger partial charge in [0.1, 0.15) is 19.6 Å². The smallest absolute Gasteiger partial charge is 0.181 e. The number of nitrogens with zero attached hydrogens (tertiary/aromatic N) is 4. The molecule has 1 unspecified atom stereocenters. The minimum atomic E-state index is -0.800. The Bertz CT molecular complexity index is 1210. The number of rotatable bonds is 3. The molecule has 0 bridgehead atoms. The fourth-order valence-corrected chi connectivity index (χ4v) is 3.83. The monoisotopic (exact) mass is 366 g/mol. The van der Waals surface area contributed by atoms with Crippen molar-refractivity contribution in [1.82, 2.24) is 20.2 Å². The second-order valence-corrected chi connectivity index (χ2v) is 6.99. The Morgan fingerprint density at radius 2 is 2.21 bits per heavy atom. The highest BCUT2D eigenvalue weighted by Crippen LogP contribution is 2.36. The van der Waals surface area contributed by atoms with Gasteiger partial charge in [-0.15, -0.1) is 0 Å². The first-order valence-corrected chi connectivity index (χ1v) is 9.00. The van der Waals surface area contributed by atoms with E-state index in [9.17, 15) is 0 Å². The molecule has 0 amide bonds. The summed E-state index contributed by atoms with van der Waals surface area (Å²) >= 11 is 0. The fourth-order valence-electron chi connectivity index (χ4n) is 3.83. The predicted molar refractivity (Wildman–Crippen MR) is 105 cm³/mol. The van der Waals surface area contributed by atoms with Crippen molar-refractivity contribution in [2.75, 3.05) is 5.32 Å². The van der Waals surface area contributed by atoms with Gasteiger partial charge in [0, 0.05) is 22.7 Å². The van der Waals surface area contributed by atoms with Crippen molar-refractivity contribution in [3.8, 4) is 17.5 Å². The van der Waals surface area contributed by atoms with E-state index >= 15 is 0 Å². The molecule has 0 spiro atoms. The molecule has 134 valence electrons. The predicted octanol–water partition coefficient (Wildman–Crippen LogP) is 3.25. The summed E-state index contributed by atoms with van der Waals surface area (Å²) < 4.78 is 5.39. The Balaban J connectivity index is 1.54. The lowest BCUT2D eigenvalue weighted by Crippen LogP contribution is -2.40. The van der Waals surface area contributed by atoms with Gasteiger partial charge in [0.15, 0.2) is 12.2 Å². The van der Waals surface area contributed by atoms with Crippen molar-refractivity contribution in [3.05, 3.63) is 59.9 Å². The Kier molecular flexibility index (Phi) is 3.69. The van der Waals surface area contributed by atoms with Crippen LogP contribution in [0.1, 0.15) is 29.7 Å². The summed E-state index contributed by atoms with van der Waals surface area (Å²) in [5, 5.41) is 20.8. The lowest BCUT2D eigenvalue weighted by Gasteiger charge is -2.37. The maximum absolute atomic E-state index is 9.13. The molecule has 1 aliphatic carbocycles. The lowest BCUT2D eigenvalue weighted by molar-refractivity contribution is 0.529. The minimum absolute atomic E-state index is 0.555. The van der Waals surface area contributed by atoms with Crippen LogP contribution in [0.4, 0.5) is 5.69 Å². The SMILES string of the molecule is [B]C1(Nc2ccc3[nH]nc(-c4cnco4)c3c2)CCCc2cc(C#N)cnc21. The Hall–Kier alpha value is -3.60. The van der Waals surface area contributed by atoms with Gasteiger partial charge in [-0.1, -0.05) is 0 Å².